The Bertz CT molecular complexity index is 433. The van der Waals surface area contributed by atoms with Crippen LogP contribution in [0.25, 0.3) is 0 Å². The van der Waals surface area contributed by atoms with Gasteiger partial charge in [0.25, 0.3) is 0 Å². The summed E-state index contributed by atoms with van der Waals surface area (Å²) in [6, 6.07) is 0. The smallest absolute Gasteiger partial charge is 0.229 e. The number of aromatic nitrogens is 2. The molecular formula is C12H18N4O. The summed E-state index contributed by atoms with van der Waals surface area (Å²) in [4.78, 5) is 12.1. The highest BCUT2D eigenvalue weighted by molar-refractivity contribution is 5.94. The zero-order valence-corrected chi connectivity index (χ0v) is 10.0. The van der Waals surface area contributed by atoms with Crippen molar-refractivity contribution in [3.63, 3.8) is 0 Å². The molecule has 2 heterocycles. The maximum absolute atomic E-state index is 12.1. The molecule has 3 rings (SSSR count). The Labute approximate surface area is 100 Å². The molecule has 1 amide bonds. The third-order valence-corrected chi connectivity index (χ3v) is 4.18. The van der Waals surface area contributed by atoms with E-state index in [1.807, 2.05) is 6.92 Å². The summed E-state index contributed by atoms with van der Waals surface area (Å²) in [6.45, 7) is 4.03. The molecule has 3 N–H and O–H groups in total. The maximum atomic E-state index is 12.1. The summed E-state index contributed by atoms with van der Waals surface area (Å²) in [5.41, 5.74) is 1.28. The van der Waals surface area contributed by atoms with Crippen LogP contribution < -0.4 is 10.6 Å². The molecule has 0 aromatic carbocycles. The van der Waals surface area contributed by atoms with Crippen molar-refractivity contribution in [1.82, 2.24) is 15.5 Å². The Hall–Kier alpha value is -1.36. The predicted molar refractivity (Wildman–Crippen MR) is 64.6 cm³/mol. The van der Waals surface area contributed by atoms with E-state index >= 15 is 0 Å². The molecule has 1 unspecified atom stereocenters. The average molecular weight is 234 g/mol. The molecule has 1 aromatic rings. The molecule has 1 aliphatic carbocycles. The van der Waals surface area contributed by atoms with E-state index in [-0.39, 0.29) is 11.8 Å². The van der Waals surface area contributed by atoms with Crippen LogP contribution >= 0.6 is 0 Å². The molecule has 5 heteroatoms. The average Bonchev–Trinajstić information content (AvgIpc) is 2.87. The van der Waals surface area contributed by atoms with Gasteiger partial charge in [0, 0.05) is 11.5 Å². The van der Waals surface area contributed by atoms with Crippen LogP contribution in [0.2, 0.25) is 0 Å². The van der Waals surface area contributed by atoms with Crippen LogP contribution in [0.4, 0.5) is 5.82 Å². The monoisotopic (exact) mass is 234 g/mol. The van der Waals surface area contributed by atoms with Gasteiger partial charge in [0.2, 0.25) is 5.91 Å². The second-order valence-corrected chi connectivity index (χ2v) is 5.29. The van der Waals surface area contributed by atoms with E-state index in [2.05, 4.69) is 20.8 Å². The molecule has 1 atom stereocenters. The van der Waals surface area contributed by atoms with Gasteiger partial charge in [-0.1, -0.05) is 0 Å². The van der Waals surface area contributed by atoms with Crippen molar-refractivity contribution >= 4 is 11.7 Å². The maximum Gasteiger partial charge on any atom is 0.229 e. The van der Waals surface area contributed by atoms with Crippen molar-refractivity contribution in [1.29, 1.82) is 0 Å². The fraction of sp³-hybridized carbons (Fsp3) is 0.667. The summed E-state index contributed by atoms with van der Waals surface area (Å²) in [5.74, 6) is 1.09. The standard InChI is InChI=1S/C12H18N4O/c1-8-7-14-16-10(8)15-11(17)9-6-12(9)2-4-13-5-3-12/h7,9,13H,2-6H2,1H3,(H2,14,15,16,17). The first-order valence-electron chi connectivity index (χ1n) is 6.23. The number of hydrogen-bond donors (Lipinski definition) is 3. The lowest BCUT2D eigenvalue weighted by Crippen LogP contribution is -2.31. The second-order valence-electron chi connectivity index (χ2n) is 5.29. The number of nitrogens with one attached hydrogen (secondary N) is 3. The van der Waals surface area contributed by atoms with Crippen LogP contribution in [0.3, 0.4) is 0 Å². The van der Waals surface area contributed by atoms with E-state index < -0.39 is 0 Å². The molecule has 1 spiro atoms. The van der Waals surface area contributed by atoms with E-state index in [1.54, 1.807) is 6.20 Å². The first-order valence-corrected chi connectivity index (χ1v) is 6.23. The molecule has 5 nitrogen and oxygen atoms in total. The van der Waals surface area contributed by atoms with Gasteiger partial charge in [0.05, 0.1) is 6.20 Å². The van der Waals surface area contributed by atoms with E-state index in [4.69, 9.17) is 0 Å². The number of anilines is 1. The van der Waals surface area contributed by atoms with Gasteiger partial charge in [-0.25, -0.2) is 0 Å². The van der Waals surface area contributed by atoms with Crippen molar-refractivity contribution in [3.05, 3.63) is 11.8 Å². The Morgan fingerprint density at radius 3 is 2.94 bits per heavy atom. The van der Waals surface area contributed by atoms with Crippen LogP contribution in [0.5, 0.6) is 0 Å². The fourth-order valence-electron chi connectivity index (χ4n) is 2.88. The van der Waals surface area contributed by atoms with Crippen LogP contribution in [-0.2, 0) is 4.79 Å². The van der Waals surface area contributed by atoms with E-state index in [9.17, 15) is 4.79 Å². The Kier molecular flexibility index (Phi) is 2.43. The SMILES string of the molecule is Cc1cn[nH]c1NC(=O)C1CC12CCNCC2. The molecule has 2 aliphatic rings. The zero-order chi connectivity index (χ0) is 11.9. The van der Waals surface area contributed by atoms with E-state index in [1.165, 1.54) is 0 Å². The first kappa shape index (κ1) is 10.8. The predicted octanol–water partition coefficient (Wildman–Crippen LogP) is 1.05. The summed E-state index contributed by atoms with van der Waals surface area (Å²) < 4.78 is 0. The number of aromatic amines is 1. The lowest BCUT2D eigenvalue weighted by molar-refractivity contribution is -0.118. The number of aryl methyl sites for hydroxylation is 1. The number of H-pyrrole nitrogens is 1. The molecule has 17 heavy (non-hydrogen) atoms. The van der Waals surface area contributed by atoms with Gasteiger partial charge >= 0.3 is 0 Å². The van der Waals surface area contributed by atoms with Crippen molar-refractivity contribution in [2.45, 2.75) is 26.2 Å². The topological polar surface area (TPSA) is 69.8 Å². The Balaban J connectivity index is 1.63. The lowest BCUT2D eigenvalue weighted by Gasteiger charge is -2.23. The van der Waals surface area contributed by atoms with E-state index in [0.29, 0.717) is 5.41 Å². The van der Waals surface area contributed by atoms with Gasteiger partial charge in [0.1, 0.15) is 5.82 Å². The molecule has 1 aromatic heterocycles. The highest BCUT2D eigenvalue weighted by atomic mass is 16.2. The lowest BCUT2D eigenvalue weighted by atomic mass is 9.92. The summed E-state index contributed by atoms with van der Waals surface area (Å²) >= 11 is 0. The number of rotatable bonds is 2. The normalized spacial score (nSPS) is 25.8. The van der Waals surface area contributed by atoms with Crippen LogP contribution in [0.1, 0.15) is 24.8 Å². The Morgan fingerprint density at radius 1 is 1.53 bits per heavy atom. The Morgan fingerprint density at radius 2 is 2.29 bits per heavy atom. The van der Waals surface area contributed by atoms with Gasteiger partial charge in [-0.15, -0.1) is 0 Å². The van der Waals surface area contributed by atoms with Crippen molar-refractivity contribution in [2.24, 2.45) is 11.3 Å². The summed E-state index contributed by atoms with van der Waals surface area (Å²) in [7, 11) is 0. The third-order valence-electron chi connectivity index (χ3n) is 4.18. The number of amides is 1. The second kappa shape index (κ2) is 3.84. The van der Waals surface area contributed by atoms with Gasteiger partial charge in [-0.2, -0.15) is 5.10 Å². The van der Waals surface area contributed by atoms with Gasteiger partial charge < -0.3 is 10.6 Å². The van der Waals surface area contributed by atoms with Crippen molar-refractivity contribution in [2.75, 3.05) is 18.4 Å². The molecule has 1 saturated heterocycles. The summed E-state index contributed by atoms with van der Waals surface area (Å²) in [5, 5.41) is 13.0. The van der Waals surface area contributed by atoms with Crippen molar-refractivity contribution < 1.29 is 4.79 Å². The zero-order valence-electron chi connectivity index (χ0n) is 10.0. The summed E-state index contributed by atoms with van der Waals surface area (Å²) in [6.07, 6.45) is 5.04. The molecule has 92 valence electrons. The first-order chi connectivity index (χ1) is 8.21. The molecule has 2 fully saturated rings. The number of piperidine rings is 1. The molecule has 1 saturated carbocycles. The highest BCUT2D eigenvalue weighted by Gasteiger charge is 2.57. The number of carbonyl (C=O) groups excluding carboxylic acids is 1. The molecule has 1 aliphatic heterocycles. The molecule has 0 radical (unpaired) electrons. The van der Waals surface area contributed by atoms with Gasteiger partial charge in [-0.3, -0.25) is 9.89 Å². The third kappa shape index (κ3) is 1.84. The highest BCUT2D eigenvalue weighted by Crippen LogP contribution is 2.58. The minimum atomic E-state index is 0.152. The van der Waals surface area contributed by atoms with Crippen LogP contribution in [0, 0.1) is 18.3 Å². The number of hydrogen-bond acceptors (Lipinski definition) is 3. The van der Waals surface area contributed by atoms with Crippen LogP contribution in [-0.4, -0.2) is 29.2 Å². The minimum absolute atomic E-state index is 0.152. The molecular weight excluding hydrogens is 216 g/mol. The quantitative estimate of drug-likeness (QED) is 0.716. The largest absolute Gasteiger partial charge is 0.317 e. The number of carbonyl (C=O) groups is 1. The van der Waals surface area contributed by atoms with Crippen molar-refractivity contribution in [3.8, 4) is 0 Å². The van der Waals surface area contributed by atoms with Crippen LogP contribution in [0.15, 0.2) is 6.20 Å². The minimum Gasteiger partial charge on any atom is -0.317 e. The van der Waals surface area contributed by atoms with E-state index in [0.717, 1.165) is 43.7 Å². The number of nitrogens with zero attached hydrogens (tertiary/aromatic N) is 1. The molecule has 0 bridgehead atoms. The fourth-order valence-corrected chi connectivity index (χ4v) is 2.88. The van der Waals surface area contributed by atoms with Gasteiger partial charge in [-0.05, 0) is 44.7 Å². The van der Waals surface area contributed by atoms with Gasteiger partial charge in [0.15, 0.2) is 0 Å².